The Balaban J connectivity index is 2.31. The van der Waals surface area contributed by atoms with Gasteiger partial charge in [0.2, 0.25) is 0 Å². The summed E-state index contributed by atoms with van der Waals surface area (Å²) in [6, 6.07) is 2.79. The number of ether oxygens (including phenoxy) is 2. The van der Waals surface area contributed by atoms with Crippen molar-refractivity contribution in [3.8, 4) is 5.75 Å². The van der Waals surface area contributed by atoms with Gasteiger partial charge in [0.05, 0.1) is 31.0 Å². The number of methoxy groups -OCH3 is 2. The second kappa shape index (κ2) is 6.57. The Hall–Kier alpha value is -1.86. The second-order valence-corrected chi connectivity index (χ2v) is 6.55. The van der Waals surface area contributed by atoms with Crippen molar-refractivity contribution in [1.29, 1.82) is 0 Å². The molecule has 24 heavy (non-hydrogen) atoms. The molecule has 0 amide bonds. The average molecular weight is 336 g/mol. The summed E-state index contributed by atoms with van der Waals surface area (Å²) < 4.78 is 35.9. The van der Waals surface area contributed by atoms with Gasteiger partial charge in [0.15, 0.2) is 0 Å². The third-order valence-corrected chi connectivity index (χ3v) is 4.42. The maximum atomic E-state index is 14.5. The Labute approximate surface area is 141 Å². The molecule has 1 aliphatic rings. The van der Waals surface area contributed by atoms with E-state index in [2.05, 4.69) is 4.74 Å². The highest BCUT2D eigenvalue weighted by molar-refractivity contribution is 6.52. The summed E-state index contributed by atoms with van der Waals surface area (Å²) in [4.78, 5) is 11.7. The number of carbonyl (C=O) groups is 1. The van der Waals surface area contributed by atoms with Crippen LogP contribution >= 0.6 is 0 Å². The summed E-state index contributed by atoms with van der Waals surface area (Å²) in [7, 11) is 2.03. The molecule has 0 aromatic heterocycles. The predicted octanol–water partition coefficient (Wildman–Crippen LogP) is 3.27. The van der Waals surface area contributed by atoms with Gasteiger partial charge in [-0.2, -0.15) is 0 Å². The van der Waals surface area contributed by atoms with Gasteiger partial charge in [-0.3, -0.25) is 0 Å². The highest BCUT2D eigenvalue weighted by Gasteiger charge is 2.50. The minimum atomic E-state index is -0.767. The number of hydrogen-bond donors (Lipinski definition) is 0. The Morgan fingerprint density at radius 2 is 1.75 bits per heavy atom. The first-order valence-electron chi connectivity index (χ1n) is 7.61. The molecule has 0 unspecified atom stereocenters. The largest absolute Gasteiger partial charge is 0.497 e. The smallest absolute Gasteiger partial charge is 0.487 e. The summed E-state index contributed by atoms with van der Waals surface area (Å²) in [5.41, 5.74) is -0.965. The molecule has 0 N–H and O–H groups in total. The van der Waals surface area contributed by atoms with Crippen LogP contribution in [0.5, 0.6) is 5.75 Å². The van der Waals surface area contributed by atoms with Gasteiger partial charge >= 0.3 is 13.1 Å². The first-order valence-corrected chi connectivity index (χ1v) is 7.61. The lowest BCUT2D eigenvalue weighted by Gasteiger charge is -2.32. The van der Waals surface area contributed by atoms with Gasteiger partial charge < -0.3 is 18.8 Å². The predicted molar refractivity (Wildman–Crippen MR) is 89.4 cm³/mol. The van der Waals surface area contributed by atoms with Crippen LogP contribution in [-0.4, -0.2) is 38.5 Å². The molecule has 2 rings (SSSR count). The number of esters is 1. The molecule has 0 bridgehead atoms. The molecule has 7 heteroatoms. The minimum Gasteiger partial charge on any atom is -0.497 e. The van der Waals surface area contributed by atoms with E-state index in [0.717, 1.165) is 0 Å². The van der Waals surface area contributed by atoms with E-state index in [1.807, 2.05) is 27.7 Å². The quantitative estimate of drug-likeness (QED) is 0.624. The molecule has 5 nitrogen and oxygen atoms in total. The molecule has 1 fully saturated rings. The van der Waals surface area contributed by atoms with Crippen molar-refractivity contribution in [1.82, 2.24) is 0 Å². The lowest BCUT2D eigenvalue weighted by Crippen LogP contribution is -2.41. The molecule has 0 atom stereocenters. The fraction of sp³-hybridized carbons (Fsp3) is 0.471. The van der Waals surface area contributed by atoms with Crippen molar-refractivity contribution in [2.45, 2.75) is 38.9 Å². The summed E-state index contributed by atoms with van der Waals surface area (Å²) in [5, 5.41) is 0. The fourth-order valence-corrected chi connectivity index (χ4v) is 2.27. The Morgan fingerprint density at radius 1 is 1.17 bits per heavy atom. The van der Waals surface area contributed by atoms with Crippen molar-refractivity contribution < 1.29 is 28.0 Å². The zero-order valence-electron chi connectivity index (χ0n) is 14.8. The summed E-state index contributed by atoms with van der Waals surface area (Å²) >= 11 is 0. The normalized spacial score (nSPS) is 18.9. The van der Waals surface area contributed by atoms with Gasteiger partial charge in [-0.1, -0.05) is 12.1 Å². The van der Waals surface area contributed by atoms with E-state index in [-0.39, 0.29) is 11.1 Å². The highest BCUT2D eigenvalue weighted by Crippen LogP contribution is 2.37. The van der Waals surface area contributed by atoms with Gasteiger partial charge in [0, 0.05) is 5.56 Å². The highest BCUT2D eigenvalue weighted by atomic mass is 19.1. The van der Waals surface area contributed by atoms with Crippen LogP contribution in [0.2, 0.25) is 0 Å². The lowest BCUT2D eigenvalue weighted by molar-refractivity contribution is 0.00578. The molecular formula is C17H22BFO5. The van der Waals surface area contributed by atoms with Gasteiger partial charge in [-0.15, -0.1) is 0 Å². The van der Waals surface area contributed by atoms with Crippen LogP contribution in [0.25, 0.3) is 6.08 Å². The zero-order chi connectivity index (χ0) is 18.1. The van der Waals surface area contributed by atoms with Crippen LogP contribution in [0.3, 0.4) is 0 Å². The number of benzene rings is 1. The number of hydrogen-bond acceptors (Lipinski definition) is 5. The van der Waals surface area contributed by atoms with Crippen LogP contribution in [0.4, 0.5) is 4.39 Å². The first-order chi connectivity index (χ1) is 11.1. The number of carbonyl (C=O) groups excluding carboxylic acids is 1. The molecule has 1 heterocycles. The summed E-state index contributed by atoms with van der Waals surface area (Å²) in [6.07, 6.45) is 1.51. The van der Waals surface area contributed by atoms with E-state index in [1.165, 1.54) is 32.4 Å². The van der Waals surface area contributed by atoms with Crippen molar-refractivity contribution in [3.05, 3.63) is 35.1 Å². The van der Waals surface area contributed by atoms with Crippen molar-refractivity contribution in [2.24, 2.45) is 0 Å². The molecule has 1 aliphatic heterocycles. The molecule has 1 aromatic carbocycles. The van der Waals surface area contributed by atoms with Crippen molar-refractivity contribution in [3.63, 3.8) is 0 Å². The third-order valence-electron chi connectivity index (χ3n) is 4.42. The Kier molecular flexibility index (Phi) is 5.06. The van der Waals surface area contributed by atoms with E-state index in [4.69, 9.17) is 14.0 Å². The van der Waals surface area contributed by atoms with E-state index in [0.29, 0.717) is 5.75 Å². The summed E-state index contributed by atoms with van der Waals surface area (Å²) in [5.74, 6) is 0.507. The fourth-order valence-electron chi connectivity index (χ4n) is 2.27. The topological polar surface area (TPSA) is 54.0 Å². The van der Waals surface area contributed by atoms with Gasteiger partial charge in [-0.05, 0) is 39.8 Å². The zero-order valence-corrected chi connectivity index (χ0v) is 14.8. The third kappa shape index (κ3) is 3.47. The second-order valence-electron chi connectivity index (χ2n) is 6.55. The molecular weight excluding hydrogens is 314 g/mol. The van der Waals surface area contributed by atoms with Crippen molar-refractivity contribution in [2.75, 3.05) is 14.2 Å². The van der Waals surface area contributed by atoms with Gasteiger partial charge in [0.25, 0.3) is 0 Å². The minimum absolute atomic E-state index is 0.185. The average Bonchev–Trinajstić information content (AvgIpc) is 2.73. The molecule has 1 aromatic rings. The first kappa shape index (κ1) is 18.5. The maximum absolute atomic E-state index is 14.5. The summed E-state index contributed by atoms with van der Waals surface area (Å²) in [6.45, 7) is 7.73. The Bertz CT molecular complexity index is 653. The van der Waals surface area contributed by atoms with Crippen LogP contribution in [0.1, 0.15) is 43.6 Å². The number of halogens is 1. The van der Waals surface area contributed by atoms with E-state index < -0.39 is 30.1 Å². The molecule has 130 valence electrons. The maximum Gasteiger partial charge on any atom is 0.487 e. The van der Waals surface area contributed by atoms with E-state index >= 15 is 0 Å². The molecule has 0 spiro atoms. The van der Waals surface area contributed by atoms with Gasteiger partial charge in [0.1, 0.15) is 11.6 Å². The van der Waals surface area contributed by atoms with Crippen molar-refractivity contribution >= 4 is 19.2 Å². The van der Waals surface area contributed by atoms with E-state index in [9.17, 15) is 9.18 Å². The van der Waals surface area contributed by atoms with Crippen LogP contribution in [0.15, 0.2) is 18.1 Å². The number of rotatable bonds is 4. The SMILES string of the molecule is COC(=O)c1cc(OC)cc(/C=C/B2OC(C)(C)C(C)(C)O2)c1F. The van der Waals surface area contributed by atoms with Crippen LogP contribution < -0.4 is 4.74 Å². The van der Waals surface area contributed by atoms with Crippen LogP contribution in [-0.2, 0) is 14.0 Å². The van der Waals surface area contributed by atoms with Gasteiger partial charge in [-0.25, -0.2) is 9.18 Å². The molecule has 0 aliphatic carbocycles. The lowest BCUT2D eigenvalue weighted by atomic mass is 9.89. The van der Waals surface area contributed by atoms with Crippen LogP contribution in [0, 0.1) is 5.82 Å². The molecule has 0 radical (unpaired) electrons. The Morgan fingerprint density at radius 3 is 2.25 bits per heavy atom. The van der Waals surface area contributed by atoms with E-state index in [1.54, 1.807) is 5.98 Å². The molecule has 1 saturated heterocycles. The monoisotopic (exact) mass is 336 g/mol. The standard InChI is InChI=1S/C17H22BFO5/c1-16(2)17(3,4)24-18(23-16)8-7-11-9-12(21-5)10-13(14(11)19)15(20)22-6/h7-10H,1-6H3/b8-7+. The molecule has 0 saturated carbocycles.